The summed E-state index contributed by atoms with van der Waals surface area (Å²) < 4.78 is 1.61. The summed E-state index contributed by atoms with van der Waals surface area (Å²) in [6, 6.07) is 15.1. The van der Waals surface area contributed by atoms with E-state index in [2.05, 4.69) is 10.6 Å². The second kappa shape index (κ2) is 12.1. The Hall–Kier alpha value is -3.54. The maximum absolute atomic E-state index is 13.1. The third kappa shape index (κ3) is 7.48. The summed E-state index contributed by atoms with van der Waals surface area (Å²) in [5.41, 5.74) is 2.18. The van der Waals surface area contributed by atoms with E-state index in [4.69, 9.17) is 33.6 Å². The molecule has 3 amide bonds. The van der Waals surface area contributed by atoms with E-state index in [1.165, 1.54) is 4.90 Å². The molecule has 0 saturated carbocycles. The number of anilines is 2. The van der Waals surface area contributed by atoms with Crippen molar-refractivity contribution in [3.63, 3.8) is 0 Å². The number of hydrogen-bond donors (Lipinski definition) is 2. The maximum Gasteiger partial charge on any atom is 0.322 e. The fraction of sp³-hybridized carbons (Fsp3) is 0.333. The van der Waals surface area contributed by atoms with Gasteiger partial charge in [0.05, 0.1) is 33.1 Å². The van der Waals surface area contributed by atoms with Gasteiger partial charge in [-0.05, 0) is 48.9 Å². The molecule has 10 heteroatoms. The summed E-state index contributed by atoms with van der Waals surface area (Å²) in [4.78, 5) is 27.6. The van der Waals surface area contributed by atoms with Crippen LogP contribution in [0.3, 0.4) is 0 Å². The molecule has 2 N–H and O–H groups in total. The Morgan fingerprint density at radius 2 is 1.76 bits per heavy atom. The van der Waals surface area contributed by atoms with Crippen LogP contribution in [0, 0.1) is 11.3 Å². The molecule has 0 aliphatic heterocycles. The first-order chi connectivity index (χ1) is 17.5. The fourth-order valence-electron chi connectivity index (χ4n) is 3.44. The molecule has 0 atom stereocenters. The van der Waals surface area contributed by atoms with Gasteiger partial charge in [0.2, 0.25) is 5.91 Å². The van der Waals surface area contributed by atoms with Crippen LogP contribution in [-0.2, 0) is 10.2 Å². The highest BCUT2D eigenvalue weighted by Crippen LogP contribution is 2.29. The normalized spacial score (nSPS) is 11.1. The van der Waals surface area contributed by atoms with Gasteiger partial charge >= 0.3 is 6.03 Å². The minimum Gasteiger partial charge on any atom is -0.315 e. The molecule has 0 saturated heterocycles. The SMILES string of the molecule is CCCCN(CC(=O)Nc1cc(C(C)(C)C)nn1-c1ccc(Cl)c(Cl)c1)C(=O)Nc1ccc(C#N)cc1. The average molecular weight is 541 g/mol. The van der Waals surface area contributed by atoms with Crippen molar-refractivity contribution in [2.24, 2.45) is 0 Å². The number of aromatic nitrogens is 2. The molecule has 2 aromatic carbocycles. The van der Waals surface area contributed by atoms with Crippen LogP contribution in [-0.4, -0.2) is 39.7 Å². The first-order valence-corrected chi connectivity index (χ1v) is 12.7. The molecular weight excluding hydrogens is 511 g/mol. The predicted octanol–water partition coefficient (Wildman–Crippen LogP) is 6.62. The Morgan fingerprint density at radius 3 is 2.35 bits per heavy atom. The summed E-state index contributed by atoms with van der Waals surface area (Å²) in [5.74, 6) is 0.0870. The van der Waals surface area contributed by atoms with Crippen molar-refractivity contribution in [3.8, 4) is 11.8 Å². The van der Waals surface area contributed by atoms with Crippen molar-refractivity contribution >= 4 is 46.6 Å². The molecule has 1 aromatic heterocycles. The minimum absolute atomic E-state index is 0.153. The zero-order valence-corrected chi connectivity index (χ0v) is 22.8. The van der Waals surface area contributed by atoms with Crippen LogP contribution >= 0.6 is 23.2 Å². The lowest BCUT2D eigenvalue weighted by Gasteiger charge is -2.22. The van der Waals surface area contributed by atoms with Gasteiger partial charge in [-0.1, -0.05) is 57.3 Å². The van der Waals surface area contributed by atoms with E-state index in [1.54, 1.807) is 47.1 Å². The predicted molar refractivity (Wildman–Crippen MR) is 148 cm³/mol. The lowest BCUT2D eigenvalue weighted by Crippen LogP contribution is -2.41. The summed E-state index contributed by atoms with van der Waals surface area (Å²) >= 11 is 12.3. The number of hydrogen-bond acceptors (Lipinski definition) is 4. The van der Waals surface area contributed by atoms with Crippen LogP contribution in [0.5, 0.6) is 0 Å². The van der Waals surface area contributed by atoms with Crippen LogP contribution < -0.4 is 10.6 Å². The van der Waals surface area contributed by atoms with Crippen molar-refractivity contribution in [1.82, 2.24) is 14.7 Å². The number of urea groups is 1. The number of unbranched alkanes of at least 4 members (excludes halogenated alkanes) is 1. The molecule has 194 valence electrons. The molecule has 0 fully saturated rings. The Morgan fingerprint density at radius 1 is 1.05 bits per heavy atom. The van der Waals surface area contributed by atoms with Crippen LogP contribution in [0.15, 0.2) is 48.5 Å². The fourth-order valence-corrected chi connectivity index (χ4v) is 3.73. The molecular formula is C27H30Cl2N6O2. The Kier molecular flexibility index (Phi) is 9.19. The van der Waals surface area contributed by atoms with Crippen molar-refractivity contribution < 1.29 is 9.59 Å². The average Bonchev–Trinajstić information content (AvgIpc) is 3.28. The van der Waals surface area contributed by atoms with E-state index in [1.807, 2.05) is 39.8 Å². The number of rotatable bonds is 8. The largest absolute Gasteiger partial charge is 0.322 e. The third-order valence-electron chi connectivity index (χ3n) is 5.56. The van der Waals surface area contributed by atoms with Crippen molar-refractivity contribution in [1.29, 1.82) is 5.26 Å². The standard InChI is InChI=1S/C27H30Cl2N6O2/c1-5-6-13-34(26(37)31-19-9-7-18(16-30)8-10-19)17-25(36)32-24-15-23(27(2,3)4)33-35(24)20-11-12-21(28)22(29)14-20/h7-12,14-15H,5-6,13,17H2,1-4H3,(H,31,37)(H,32,36). The van der Waals surface area contributed by atoms with E-state index >= 15 is 0 Å². The van der Waals surface area contributed by atoms with Crippen molar-refractivity contribution in [2.45, 2.75) is 46.0 Å². The van der Waals surface area contributed by atoms with Gasteiger partial charge in [-0.3, -0.25) is 4.79 Å². The summed E-state index contributed by atoms with van der Waals surface area (Å²) in [6.07, 6.45) is 1.60. The molecule has 0 aliphatic rings. The number of nitrogens with one attached hydrogen (secondary N) is 2. The number of carbonyl (C=O) groups excluding carboxylic acids is 2. The number of nitriles is 1. The van der Waals surface area contributed by atoms with Gasteiger partial charge in [0.1, 0.15) is 12.4 Å². The molecule has 0 radical (unpaired) electrons. The lowest BCUT2D eigenvalue weighted by atomic mass is 9.92. The number of nitrogens with zero attached hydrogens (tertiary/aromatic N) is 4. The summed E-state index contributed by atoms with van der Waals surface area (Å²) in [7, 11) is 0. The van der Waals surface area contributed by atoms with E-state index < -0.39 is 6.03 Å². The van der Waals surface area contributed by atoms with Crippen LogP contribution in [0.25, 0.3) is 5.69 Å². The van der Waals surface area contributed by atoms with E-state index in [0.29, 0.717) is 39.3 Å². The number of amides is 3. The molecule has 1 heterocycles. The van der Waals surface area contributed by atoms with Crippen molar-refractivity contribution in [2.75, 3.05) is 23.7 Å². The summed E-state index contributed by atoms with van der Waals surface area (Å²) in [6.45, 7) is 8.35. The quantitative estimate of drug-likeness (QED) is 0.335. The van der Waals surface area contributed by atoms with Crippen molar-refractivity contribution in [3.05, 3.63) is 69.8 Å². The summed E-state index contributed by atoms with van der Waals surface area (Å²) in [5, 5.41) is 20.2. The van der Waals surface area contributed by atoms with Gasteiger partial charge in [-0.25, -0.2) is 9.48 Å². The van der Waals surface area contributed by atoms with Crippen LogP contribution in [0.2, 0.25) is 10.0 Å². The second-order valence-corrected chi connectivity index (χ2v) is 10.4. The molecule has 3 aromatic rings. The Bertz CT molecular complexity index is 1310. The smallest absolute Gasteiger partial charge is 0.315 e. The highest BCUT2D eigenvalue weighted by atomic mass is 35.5. The molecule has 8 nitrogen and oxygen atoms in total. The highest BCUT2D eigenvalue weighted by Gasteiger charge is 2.23. The van der Waals surface area contributed by atoms with Crippen LogP contribution in [0.1, 0.15) is 51.8 Å². The van der Waals surface area contributed by atoms with E-state index in [-0.39, 0.29) is 17.9 Å². The monoisotopic (exact) mass is 540 g/mol. The molecule has 0 aliphatic carbocycles. The van der Waals surface area contributed by atoms with Gasteiger partial charge in [-0.2, -0.15) is 10.4 Å². The first kappa shape index (κ1) is 28.0. The Balaban J connectivity index is 1.81. The molecule has 0 spiro atoms. The van der Waals surface area contributed by atoms with Gasteiger partial charge < -0.3 is 15.5 Å². The van der Waals surface area contributed by atoms with E-state index in [0.717, 1.165) is 18.5 Å². The van der Waals surface area contributed by atoms with Gasteiger partial charge in [0, 0.05) is 23.7 Å². The zero-order chi connectivity index (χ0) is 27.2. The van der Waals surface area contributed by atoms with E-state index in [9.17, 15) is 9.59 Å². The molecule has 0 unspecified atom stereocenters. The second-order valence-electron chi connectivity index (χ2n) is 9.62. The minimum atomic E-state index is -0.401. The number of carbonyl (C=O) groups is 2. The van der Waals surface area contributed by atoms with Gasteiger partial charge in [0.15, 0.2) is 0 Å². The maximum atomic E-state index is 13.1. The number of halogens is 2. The zero-order valence-electron chi connectivity index (χ0n) is 21.3. The molecule has 3 rings (SSSR count). The first-order valence-electron chi connectivity index (χ1n) is 11.9. The van der Waals surface area contributed by atoms with Gasteiger partial charge in [-0.15, -0.1) is 0 Å². The highest BCUT2D eigenvalue weighted by molar-refractivity contribution is 6.42. The molecule has 37 heavy (non-hydrogen) atoms. The molecule has 0 bridgehead atoms. The Labute approximate surface area is 227 Å². The lowest BCUT2D eigenvalue weighted by molar-refractivity contribution is -0.116. The number of benzene rings is 2. The van der Waals surface area contributed by atoms with Crippen LogP contribution in [0.4, 0.5) is 16.3 Å². The topological polar surface area (TPSA) is 103 Å². The third-order valence-corrected chi connectivity index (χ3v) is 6.30. The van der Waals surface area contributed by atoms with Gasteiger partial charge in [0.25, 0.3) is 0 Å².